The van der Waals surface area contributed by atoms with Gasteiger partial charge in [-0.2, -0.15) is 0 Å². The molecule has 5 nitrogen and oxygen atoms in total. The van der Waals surface area contributed by atoms with Crippen molar-refractivity contribution < 1.29 is 18.3 Å². The van der Waals surface area contributed by atoms with Crippen molar-refractivity contribution in [2.75, 3.05) is 45.6 Å². The molecule has 1 aromatic carbocycles. The summed E-state index contributed by atoms with van der Waals surface area (Å²) in [4.78, 5) is 15.3. The summed E-state index contributed by atoms with van der Waals surface area (Å²) in [5.74, 6) is -1.47. The zero-order valence-electron chi connectivity index (χ0n) is 18.3. The van der Waals surface area contributed by atoms with Crippen molar-refractivity contribution in [1.82, 2.24) is 14.5 Å². The van der Waals surface area contributed by atoms with Crippen molar-refractivity contribution in [2.24, 2.45) is 0 Å². The van der Waals surface area contributed by atoms with Gasteiger partial charge in [0.25, 0.3) is 5.91 Å². The molecule has 1 saturated carbocycles. The summed E-state index contributed by atoms with van der Waals surface area (Å²) in [5, 5.41) is 3.29. The number of alkyl halides is 2. The quantitative estimate of drug-likeness (QED) is 0.552. The van der Waals surface area contributed by atoms with E-state index in [1.54, 1.807) is 18.2 Å². The lowest BCUT2D eigenvalue weighted by molar-refractivity contribution is -0.0854. The fourth-order valence-corrected chi connectivity index (χ4v) is 5.54. The number of hydrogen-bond donors (Lipinski definition) is 1. The van der Waals surface area contributed by atoms with Gasteiger partial charge in [0.05, 0.1) is 17.7 Å². The van der Waals surface area contributed by atoms with Crippen LogP contribution in [0.1, 0.15) is 49.4 Å². The van der Waals surface area contributed by atoms with Gasteiger partial charge in [0.15, 0.2) is 0 Å². The zero-order valence-corrected chi connectivity index (χ0v) is 19.8. The summed E-state index contributed by atoms with van der Waals surface area (Å²) in [7, 11) is 1.49. The second-order valence-electron chi connectivity index (χ2n) is 8.33. The van der Waals surface area contributed by atoms with E-state index >= 15 is 0 Å². The first-order valence-corrected chi connectivity index (χ1v) is 12.2. The molecule has 1 heterocycles. The third-order valence-electron chi connectivity index (χ3n) is 6.30. The molecule has 1 amide bonds. The molecule has 0 unspecified atom stereocenters. The second-order valence-corrected chi connectivity index (χ2v) is 9.92. The number of carbonyl (C=O) groups is 1. The topological polar surface area (TPSA) is 44.8 Å². The van der Waals surface area contributed by atoms with Gasteiger partial charge in [-0.05, 0) is 31.4 Å². The summed E-state index contributed by atoms with van der Waals surface area (Å²) in [5.41, 5.74) is -0.184. The van der Waals surface area contributed by atoms with Gasteiger partial charge in [0.2, 0.25) is 5.92 Å². The van der Waals surface area contributed by atoms with E-state index in [2.05, 4.69) is 21.4 Å². The Kier molecular flexibility index (Phi) is 8.46. The molecule has 0 bridgehead atoms. The van der Waals surface area contributed by atoms with Crippen LogP contribution in [0.3, 0.4) is 0 Å². The number of carbonyl (C=O) groups excluding carboxylic acids is 1. The Balaban J connectivity index is 1.71. The highest BCUT2D eigenvalue weighted by molar-refractivity contribution is 7.97. The van der Waals surface area contributed by atoms with Crippen LogP contribution in [0.5, 0.6) is 5.75 Å². The first-order chi connectivity index (χ1) is 14.8. The summed E-state index contributed by atoms with van der Waals surface area (Å²) >= 11 is 8.10. The fourth-order valence-electron chi connectivity index (χ4n) is 4.43. The molecule has 1 aliphatic heterocycles. The van der Waals surface area contributed by atoms with Crippen molar-refractivity contribution in [3.8, 4) is 5.75 Å². The van der Waals surface area contributed by atoms with Gasteiger partial charge in [0, 0.05) is 56.9 Å². The molecule has 1 aliphatic carbocycles. The number of rotatable bonds is 8. The first-order valence-electron chi connectivity index (χ1n) is 10.9. The lowest BCUT2D eigenvalue weighted by Gasteiger charge is -2.50. The number of amides is 1. The van der Waals surface area contributed by atoms with Gasteiger partial charge in [0.1, 0.15) is 5.75 Å². The predicted molar refractivity (Wildman–Crippen MR) is 122 cm³/mol. The van der Waals surface area contributed by atoms with Crippen LogP contribution < -0.4 is 10.1 Å². The number of piperazine rings is 1. The number of benzene rings is 1. The van der Waals surface area contributed by atoms with Gasteiger partial charge in [-0.1, -0.05) is 36.5 Å². The second kappa shape index (κ2) is 10.7. The van der Waals surface area contributed by atoms with E-state index in [1.807, 2.05) is 11.9 Å². The number of nitrogens with zero attached hydrogens (tertiary/aromatic N) is 2. The molecule has 0 radical (unpaired) electrons. The molecular formula is C22H32ClF2N3O2S. The minimum absolute atomic E-state index is 0.150. The van der Waals surface area contributed by atoms with E-state index in [0.29, 0.717) is 30.2 Å². The van der Waals surface area contributed by atoms with Gasteiger partial charge in [-0.15, -0.1) is 0 Å². The largest absolute Gasteiger partial charge is 0.496 e. The van der Waals surface area contributed by atoms with Gasteiger partial charge < -0.3 is 10.1 Å². The summed E-state index contributed by atoms with van der Waals surface area (Å²) in [6.45, 7) is 5.90. The lowest BCUT2D eigenvalue weighted by atomic mass is 9.78. The minimum Gasteiger partial charge on any atom is -0.496 e. The molecular weight excluding hydrogens is 444 g/mol. The van der Waals surface area contributed by atoms with Gasteiger partial charge in [-0.25, -0.2) is 13.1 Å². The van der Waals surface area contributed by atoms with E-state index in [4.69, 9.17) is 16.3 Å². The molecule has 0 aromatic heterocycles. The Morgan fingerprint density at radius 2 is 1.87 bits per heavy atom. The van der Waals surface area contributed by atoms with E-state index in [1.165, 1.54) is 7.11 Å². The number of ether oxygens (including phenoxy) is 1. The highest BCUT2D eigenvalue weighted by Crippen LogP contribution is 2.42. The summed E-state index contributed by atoms with van der Waals surface area (Å²) in [6.07, 6.45) is 1.55. The Labute approximate surface area is 192 Å². The third kappa shape index (κ3) is 6.03. The average molecular weight is 476 g/mol. The fraction of sp³-hybridized carbons (Fsp3) is 0.682. The van der Waals surface area contributed by atoms with Gasteiger partial charge >= 0.3 is 0 Å². The van der Waals surface area contributed by atoms with Crippen LogP contribution in [0.4, 0.5) is 8.78 Å². The Morgan fingerprint density at radius 1 is 1.19 bits per heavy atom. The predicted octanol–water partition coefficient (Wildman–Crippen LogP) is 4.70. The maximum absolute atomic E-state index is 14.0. The van der Waals surface area contributed by atoms with Crippen molar-refractivity contribution in [2.45, 2.75) is 50.5 Å². The van der Waals surface area contributed by atoms with E-state index < -0.39 is 11.5 Å². The molecule has 2 fully saturated rings. The van der Waals surface area contributed by atoms with Crippen molar-refractivity contribution in [3.05, 3.63) is 28.8 Å². The molecule has 1 aromatic rings. The molecule has 3 rings (SSSR count). The molecule has 9 heteroatoms. The Morgan fingerprint density at radius 3 is 2.48 bits per heavy atom. The molecule has 0 atom stereocenters. The van der Waals surface area contributed by atoms with Crippen LogP contribution in [0.2, 0.25) is 5.02 Å². The van der Waals surface area contributed by atoms with E-state index in [-0.39, 0.29) is 24.3 Å². The number of hydrogen-bond acceptors (Lipinski definition) is 5. The van der Waals surface area contributed by atoms with Crippen LogP contribution in [-0.2, 0) is 0 Å². The average Bonchev–Trinajstić information content (AvgIpc) is 2.77. The van der Waals surface area contributed by atoms with E-state index in [0.717, 1.165) is 38.4 Å². The van der Waals surface area contributed by atoms with Gasteiger partial charge in [-0.3, -0.25) is 9.69 Å². The molecule has 2 aliphatic rings. The maximum Gasteiger partial charge on any atom is 0.256 e. The van der Waals surface area contributed by atoms with Crippen molar-refractivity contribution in [3.63, 3.8) is 0 Å². The minimum atomic E-state index is -2.63. The third-order valence-corrected chi connectivity index (χ3v) is 7.94. The molecule has 1 N–H and O–H groups in total. The Hall–Kier alpha value is -1.09. The van der Waals surface area contributed by atoms with E-state index in [9.17, 15) is 13.6 Å². The number of methoxy groups -OCH3 is 1. The maximum atomic E-state index is 14.0. The van der Waals surface area contributed by atoms with Crippen molar-refractivity contribution >= 4 is 29.5 Å². The molecule has 174 valence electrons. The standard InChI is InChI=1S/C22H32ClF2N3O2S/c1-3-15-31-28-13-11-27(12-14-28)21(7-9-22(24,25)10-8-21)16-26-20(29)19-17(23)5-4-6-18(19)30-2/h4-6H,3,7-16H2,1-2H3,(H,26,29). The molecule has 1 saturated heterocycles. The van der Waals surface area contributed by atoms with Crippen LogP contribution in [0.15, 0.2) is 18.2 Å². The van der Waals surface area contributed by atoms with Crippen LogP contribution in [-0.4, -0.2) is 72.2 Å². The SMILES string of the molecule is CCCSN1CCN(C2(CNC(=O)c3c(Cl)cccc3OC)CCC(F)(F)CC2)CC1. The normalized spacial score (nSPS) is 21.6. The van der Waals surface area contributed by atoms with Crippen LogP contribution in [0.25, 0.3) is 0 Å². The first kappa shape index (κ1) is 24.6. The molecule has 31 heavy (non-hydrogen) atoms. The smallest absolute Gasteiger partial charge is 0.256 e. The number of nitrogens with one attached hydrogen (secondary N) is 1. The molecule has 0 spiro atoms. The highest BCUT2D eigenvalue weighted by atomic mass is 35.5. The Bertz CT molecular complexity index is 750. The van der Waals surface area contributed by atoms with Crippen LogP contribution >= 0.6 is 23.5 Å². The lowest BCUT2D eigenvalue weighted by Crippen LogP contribution is -2.62. The van der Waals surface area contributed by atoms with Crippen LogP contribution in [0, 0.1) is 0 Å². The summed E-state index contributed by atoms with van der Waals surface area (Å²) in [6, 6.07) is 5.05. The number of halogens is 3. The zero-order chi connectivity index (χ0) is 22.5. The van der Waals surface area contributed by atoms with Crippen molar-refractivity contribution in [1.29, 1.82) is 0 Å². The highest BCUT2D eigenvalue weighted by Gasteiger charge is 2.47. The summed E-state index contributed by atoms with van der Waals surface area (Å²) < 4.78 is 35.6. The monoisotopic (exact) mass is 475 g/mol.